The predicted molar refractivity (Wildman–Crippen MR) is 179 cm³/mol. The Morgan fingerprint density at radius 2 is 1.50 bits per heavy atom. The van der Waals surface area contributed by atoms with Gasteiger partial charge in [0.25, 0.3) is 17.5 Å². The quantitative estimate of drug-likeness (QED) is 0.0358. The summed E-state index contributed by atoms with van der Waals surface area (Å²) in [6.07, 6.45) is 0.656. The molecule has 1 N–H and O–H groups in total. The highest BCUT2D eigenvalue weighted by molar-refractivity contribution is 14.1. The number of hydrogen-bond acceptors (Lipinski definition) is 8. The molecule has 0 spiro atoms. The van der Waals surface area contributed by atoms with Gasteiger partial charge >= 0.3 is 0 Å². The SMILES string of the molecule is COc1cc(C2C3=CCC4C(=O)N(c5ccc([N+](=O)[O-])cc5)C(=O)C4C3CC3(Cl)C(=O)N(c4c(F)c(F)c(F)c(F)c4F)C(=O)C23Cl)cc(I)c1O. The number of benzene rings is 3. The van der Waals surface area contributed by atoms with E-state index in [1.54, 1.807) is 22.6 Å². The van der Waals surface area contributed by atoms with Crippen molar-refractivity contribution in [2.45, 2.75) is 28.5 Å². The van der Waals surface area contributed by atoms with E-state index < -0.39 is 103 Å². The largest absolute Gasteiger partial charge is 0.504 e. The molecule has 3 aromatic carbocycles. The van der Waals surface area contributed by atoms with Crippen LogP contribution in [0.5, 0.6) is 11.5 Å². The molecule has 0 aromatic heterocycles. The van der Waals surface area contributed by atoms with Gasteiger partial charge in [-0.1, -0.05) is 11.6 Å². The second-order valence-electron chi connectivity index (χ2n) is 12.5. The molecule has 19 heteroatoms. The Labute approximate surface area is 312 Å². The van der Waals surface area contributed by atoms with Crippen LogP contribution in [0.2, 0.25) is 0 Å². The minimum absolute atomic E-state index is 0.00128. The summed E-state index contributed by atoms with van der Waals surface area (Å²) in [5, 5.41) is 21.8. The average Bonchev–Trinajstić information content (AvgIpc) is 3.45. The topological polar surface area (TPSA) is 147 Å². The van der Waals surface area contributed by atoms with Crippen molar-refractivity contribution in [3.8, 4) is 11.5 Å². The van der Waals surface area contributed by atoms with Gasteiger partial charge in [-0.15, -0.1) is 23.2 Å². The minimum atomic E-state index is -2.77. The van der Waals surface area contributed by atoms with Gasteiger partial charge in [0, 0.05) is 18.1 Å². The van der Waals surface area contributed by atoms with Crippen LogP contribution in [-0.4, -0.2) is 50.5 Å². The van der Waals surface area contributed by atoms with E-state index in [1.165, 1.54) is 37.5 Å². The van der Waals surface area contributed by atoms with Crippen LogP contribution in [0.25, 0.3) is 0 Å². The molecule has 2 saturated heterocycles. The van der Waals surface area contributed by atoms with E-state index in [4.69, 9.17) is 27.9 Å². The lowest BCUT2D eigenvalue weighted by Crippen LogP contribution is -2.60. The van der Waals surface area contributed by atoms with Gasteiger partial charge in [0.05, 0.1) is 33.1 Å². The summed E-state index contributed by atoms with van der Waals surface area (Å²) >= 11 is 16.0. The number of nitrogens with zero attached hydrogens (tertiary/aromatic N) is 3. The number of carbonyl (C=O) groups is 4. The molecule has 0 bridgehead atoms. The number of aromatic hydroxyl groups is 1. The van der Waals surface area contributed by atoms with E-state index in [0.29, 0.717) is 0 Å². The van der Waals surface area contributed by atoms with Gasteiger partial charge in [0.1, 0.15) is 5.69 Å². The zero-order valence-corrected chi connectivity index (χ0v) is 29.6. The molecule has 2 heterocycles. The summed E-state index contributed by atoms with van der Waals surface area (Å²) in [6.45, 7) is 0. The van der Waals surface area contributed by atoms with E-state index in [-0.39, 0.29) is 48.9 Å². The Hall–Kier alpha value is -4.36. The maximum absolute atomic E-state index is 15.2. The van der Waals surface area contributed by atoms with Crippen molar-refractivity contribution in [2.75, 3.05) is 16.9 Å². The Balaban J connectivity index is 1.43. The lowest BCUT2D eigenvalue weighted by atomic mass is 9.56. The highest BCUT2D eigenvalue weighted by Gasteiger charge is 2.77. The lowest BCUT2D eigenvalue weighted by molar-refractivity contribution is -0.384. The third-order valence-corrected chi connectivity index (χ3v) is 12.4. The summed E-state index contributed by atoms with van der Waals surface area (Å²) in [4.78, 5) is 62.3. The number of nitro benzene ring substituents is 1. The molecule has 0 radical (unpaired) electrons. The van der Waals surface area contributed by atoms with Crippen LogP contribution in [0.4, 0.5) is 39.0 Å². The van der Waals surface area contributed by atoms with E-state index >= 15 is 8.78 Å². The molecule has 270 valence electrons. The number of allylic oxidation sites excluding steroid dienone is 2. The highest BCUT2D eigenvalue weighted by Crippen LogP contribution is 2.66. The first-order chi connectivity index (χ1) is 24.4. The van der Waals surface area contributed by atoms with Gasteiger partial charge < -0.3 is 9.84 Å². The number of hydrogen-bond donors (Lipinski definition) is 1. The number of alkyl halides is 2. The fraction of sp³-hybridized carbons (Fsp3) is 0.273. The van der Waals surface area contributed by atoms with Crippen LogP contribution in [0.15, 0.2) is 48.0 Å². The molecular weight excluding hydrogens is 859 g/mol. The van der Waals surface area contributed by atoms with Gasteiger partial charge in [-0.2, -0.15) is 0 Å². The normalized spacial score (nSPS) is 28.1. The van der Waals surface area contributed by atoms with Crippen molar-refractivity contribution in [1.29, 1.82) is 0 Å². The number of non-ortho nitro benzene ring substituents is 1. The molecular formula is C33H19Cl2F5IN3O8. The molecule has 3 aromatic rings. The third kappa shape index (κ3) is 4.60. The number of amides is 4. The van der Waals surface area contributed by atoms with Crippen LogP contribution in [0.3, 0.4) is 0 Å². The molecule has 7 rings (SSSR count). The Bertz CT molecular complexity index is 2200. The summed E-state index contributed by atoms with van der Waals surface area (Å²) in [5.74, 6) is -22.9. The molecule has 2 aliphatic carbocycles. The van der Waals surface area contributed by atoms with Gasteiger partial charge in [0.15, 0.2) is 44.5 Å². The van der Waals surface area contributed by atoms with Gasteiger partial charge in [-0.05, 0) is 71.2 Å². The number of phenolic OH excluding ortho intramolecular Hbond substituents is 1. The number of methoxy groups -OCH3 is 1. The second kappa shape index (κ2) is 12.1. The summed E-state index contributed by atoms with van der Waals surface area (Å²) in [7, 11) is 1.20. The van der Waals surface area contributed by atoms with Crippen LogP contribution < -0.4 is 14.5 Å². The summed E-state index contributed by atoms with van der Waals surface area (Å²) in [5.41, 5.74) is -2.01. The zero-order valence-electron chi connectivity index (χ0n) is 25.9. The van der Waals surface area contributed by atoms with E-state index in [0.717, 1.165) is 17.0 Å². The van der Waals surface area contributed by atoms with Crippen LogP contribution in [0.1, 0.15) is 24.3 Å². The second-order valence-corrected chi connectivity index (χ2v) is 14.9. The zero-order chi connectivity index (χ0) is 37.9. The fourth-order valence-corrected chi connectivity index (χ4v) is 9.40. The fourth-order valence-electron chi connectivity index (χ4n) is 7.83. The first-order valence-corrected chi connectivity index (χ1v) is 16.9. The standard InChI is InChI=1S/C33H19Cl2F5IN3O8/c1-52-18-9-11(8-17(41)27(18)45)20-14-6-7-15-19(29(47)42(28(15)46)12-2-4-13(5-3-12)44(50)51)16(14)10-32(34)30(48)43(31(49)33(20,32)35)26-24(39)22(37)21(36)23(38)25(26)40/h2-6,8-9,15-16,19-20,45H,7,10H2,1H3. The third-order valence-electron chi connectivity index (χ3n) is 10.1. The molecule has 4 amide bonds. The molecule has 52 heavy (non-hydrogen) atoms. The van der Waals surface area contributed by atoms with Crippen molar-refractivity contribution in [3.05, 3.63) is 96.4 Å². The Morgan fingerprint density at radius 3 is 2.08 bits per heavy atom. The van der Waals surface area contributed by atoms with E-state index in [2.05, 4.69) is 0 Å². The number of rotatable bonds is 5. The molecule has 11 nitrogen and oxygen atoms in total. The van der Waals surface area contributed by atoms with Crippen LogP contribution >= 0.6 is 45.8 Å². The first-order valence-electron chi connectivity index (χ1n) is 15.1. The summed E-state index contributed by atoms with van der Waals surface area (Å²) in [6, 6.07) is 7.14. The smallest absolute Gasteiger partial charge is 0.269 e. The summed E-state index contributed by atoms with van der Waals surface area (Å²) < 4.78 is 78.9. The lowest BCUT2D eigenvalue weighted by Gasteiger charge is -2.50. The number of halogens is 8. The van der Waals surface area contributed by atoms with Crippen molar-refractivity contribution in [2.24, 2.45) is 17.8 Å². The minimum Gasteiger partial charge on any atom is -0.504 e. The first kappa shape index (κ1) is 36.0. The number of ether oxygens (including phenoxy) is 1. The molecule has 2 aliphatic heterocycles. The van der Waals surface area contributed by atoms with Crippen LogP contribution in [0, 0.1) is 60.5 Å². The maximum Gasteiger partial charge on any atom is 0.269 e. The number of anilines is 2. The average molecular weight is 878 g/mol. The Kier molecular flexibility index (Phi) is 8.37. The molecule has 3 fully saturated rings. The van der Waals surface area contributed by atoms with Crippen molar-refractivity contribution in [1.82, 2.24) is 0 Å². The van der Waals surface area contributed by atoms with Crippen molar-refractivity contribution >= 4 is 86.5 Å². The Morgan fingerprint density at radius 1 is 0.904 bits per heavy atom. The van der Waals surface area contributed by atoms with Gasteiger partial charge in [-0.25, -0.2) is 26.9 Å². The van der Waals surface area contributed by atoms with Crippen molar-refractivity contribution in [3.63, 3.8) is 0 Å². The number of fused-ring (bicyclic) bond motifs is 4. The number of carbonyl (C=O) groups excluding carboxylic acids is 4. The number of nitro groups is 1. The maximum atomic E-state index is 15.2. The van der Waals surface area contributed by atoms with Crippen molar-refractivity contribution < 1.29 is 55.9 Å². The predicted octanol–water partition coefficient (Wildman–Crippen LogP) is 6.38. The number of imide groups is 2. The van der Waals surface area contributed by atoms with E-state index in [9.17, 15) is 47.6 Å². The molecule has 6 atom stereocenters. The van der Waals surface area contributed by atoms with E-state index in [1.807, 2.05) is 0 Å². The monoisotopic (exact) mass is 877 g/mol. The number of phenols is 1. The van der Waals surface area contributed by atoms with Gasteiger partial charge in [0.2, 0.25) is 17.6 Å². The molecule has 4 aliphatic rings. The van der Waals surface area contributed by atoms with Gasteiger partial charge in [-0.3, -0.25) is 34.2 Å². The highest BCUT2D eigenvalue weighted by atomic mass is 127. The van der Waals surface area contributed by atoms with Crippen LogP contribution in [-0.2, 0) is 19.2 Å². The molecule has 1 saturated carbocycles. The molecule has 6 unspecified atom stereocenters.